The SMILES string of the molecule is Cc1cc(O)c(C(N)c2ccc(Cl)cc2)c(=O)o1. The van der Waals surface area contributed by atoms with E-state index in [1.165, 1.54) is 6.07 Å². The minimum atomic E-state index is -0.751. The van der Waals surface area contributed by atoms with Crippen LogP contribution in [0.25, 0.3) is 0 Å². The minimum absolute atomic E-state index is 0.0444. The highest BCUT2D eigenvalue weighted by molar-refractivity contribution is 6.30. The average Bonchev–Trinajstić information content (AvgIpc) is 2.28. The number of rotatable bonds is 2. The van der Waals surface area contributed by atoms with E-state index in [-0.39, 0.29) is 11.3 Å². The Bertz CT molecular complexity index is 619. The van der Waals surface area contributed by atoms with Crippen molar-refractivity contribution >= 4 is 11.6 Å². The molecule has 3 N–H and O–H groups in total. The van der Waals surface area contributed by atoms with Crippen LogP contribution in [0.4, 0.5) is 0 Å². The van der Waals surface area contributed by atoms with Gasteiger partial charge in [0.15, 0.2) is 0 Å². The normalized spacial score (nSPS) is 12.4. The molecule has 0 bridgehead atoms. The maximum atomic E-state index is 11.7. The molecule has 2 aromatic rings. The molecule has 0 aliphatic heterocycles. The zero-order valence-corrected chi connectivity index (χ0v) is 10.4. The first-order chi connectivity index (χ1) is 8.49. The van der Waals surface area contributed by atoms with Crippen molar-refractivity contribution in [2.24, 2.45) is 5.73 Å². The van der Waals surface area contributed by atoms with Crippen molar-refractivity contribution in [2.75, 3.05) is 0 Å². The Balaban J connectivity index is 2.49. The predicted molar refractivity (Wildman–Crippen MR) is 68.9 cm³/mol. The van der Waals surface area contributed by atoms with Crippen LogP contribution in [-0.4, -0.2) is 5.11 Å². The van der Waals surface area contributed by atoms with E-state index in [2.05, 4.69) is 0 Å². The molecular weight excluding hydrogens is 254 g/mol. The molecule has 0 amide bonds. The Morgan fingerprint density at radius 3 is 2.50 bits per heavy atom. The first kappa shape index (κ1) is 12.7. The molecule has 0 spiro atoms. The lowest BCUT2D eigenvalue weighted by Crippen LogP contribution is -2.20. The van der Waals surface area contributed by atoms with Gasteiger partial charge in [-0.25, -0.2) is 4.79 Å². The molecule has 5 heteroatoms. The number of nitrogens with two attached hydrogens (primary N) is 1. The van der Waals surface area contributed by atoms with Crippen LogP contribution >= 0.6 is 11.6 Å². The highest BCUT2D eigenvalue weighted by Crippen LogP contribution is 2.26. The molecule has 0 saturated heterocycles. The summed E-state index contributed by atoms with van der Waals surface area (Å²) in [5.41, 5.74) is 6.04. The largest absolute Gasteiger partial charge is 0.507 e. The molecule has 0 radical (unpaired) electrons. The summed E-state index contributed by atoms with van der Waals surface area (Å²) >= 11 is 5.78. The van der Waals surface area contributed by atoms with E-state index >= 15 is 0 Å². The van der Waals surface area contributed by atoms with E-state index in [1.54, 1.807) is 31.2 Å². The zero-order chi connectivity index (χ0) is 13.3. The van der Waals surface area contributed by atoms with Crippen molar-refractivity contribution in [2.45, 2.75) is 13.0 Å². The Morgan fingerprint density at radius 1 is 1.33 bits per heavy atom. The first-order valence-corrected chi connectivity index (χ1v) is 5.71. The van der Waals surface area contributed by atoms with E-state index in [9.17, 15) is 9.90 Å². The number of hydrogen-bond acceptors (Lipinski definition) is 4. The molecule has 1 atom stereocenters. The molecule has 0 aliphatic rings. The summed E-state index contributed by atoms with van der Waals surface area (Å²) in [5, 5.41) is 10.4. The van der Waals surface area contributed by atoms with Crippen molar-refractivity contribution in [1.29, 1.82) is 0 Å². The summed E-state index contributed by atoms with van der Waals surface area (Å²) in [6, 6.07) is 7.36. The molecule has 0 aliphatic carbocycles. The lowest BCUT2D eigenvalue weighted by Gasteiger charge is -2.12. The minimum Gasteiger partial charge on any atom is -0.507 e. The lowest BCUT2D eigenvalue weighted by atomic mass is 10.0. The van der Waals surface area contributed by atoms with Gasteiger partial charge in [0.25, 0.3) is 0 Å². The monoisotopic (exact) mass is 265 g/mol. The highest BCUT2D eigenvalue weighted by atomic mass is 35.5. The van der Waals surface area contributed by atoms with Crippen LogP contribution in [-0.2, 0) is 0 Å². The fraction of sp³-hybridized carbons (Fsp3) is 0.154. The molecular formula is C13H12ClNO3. The molecule has 4 nitrogen and oxygen atoms in total. The van der Waals surface area contributed by atoms with Gasteiger partial charge in [0.05, 0.1) is 6.04 Å². The van der Waals surface area contributed by atoms with E-state index in [0.717, 1.165) is 0 Å². The third kappa shape index (κ3) is 2.39. The van der Waals surface area contributed by atoms with Crippen LogP contribution < -0.4 is 11.4 Å². The van der Waals surface area contributed by atoms with E-state index in [4.69, 9.17) is 21.8 Å². The molecule has 2 rings (SSSR count). The molecule has 18 heavy (non-hydrogen) atoms. The van der Waals surface area contributed by atoms with Gasteiger partial charge in [0.2, 0.25) is 0 Å². The van der Waals surface area contributed by atoms with E-state index in [1.807, 2.05) is 0 Å². The summed E-state index contributed by atoms with van der Waals surface area (Å²) < 4.78 is 4.93. The second-order valence-corrected chi connectivity index (χ2v) is 4.41. The summed E-state index contributed by atoms with van der Waals surface area (Å²) in [5.74, 6) is 0.177. The number of aryl methyl sites for hydroxylation is 1. The van der Waals surface area contributed by atoms with Gasteiger partial charge < -0.3 is 15.3 Å². The maximum absolute atomic E-state index is 11.7. The van der Waals surface area contributed by atoms with Gasteiger partial charge in [-0.15, -0.1) is 0 Å². The van der Waals surface area contributed by atoms with Gasteiger partial charge in [-0.05, 0) is 24.6 Å². The molecule has 1 aromatic heterocycles. The van der Waals surface area contributed by atoms with Gasteiger partial charge in [-0.1, -0.05) is 23.7 Å². The summed E-state index contributed by atoms with van der Waals surface area (Å²) in [6.07, 6.45) is 0. The quantitative estimate of drug-likeness (QED) is 0.874. The van der Waals surface area contributed by atoms with Crippen LogP contribution in [0.15, 0.2) is 39.5 Å². The van der Waals surface area contributed by atoms with Crippen molar-refractivity contribution < 1.29 is 9.52 Å². The van der Waals surface area contributed by atoms with Crippen molar-refractivity contribution in [3.05, 3.63) is 62.7 Å². The van der Waals surface area contributed by atoms with Crippen LogP contribution in [0.1, 0.15) is 22.9 Å². The van der Waals surface area contributed by atoms with Crippen LogP contribution in [0.3, 0.4) is 0 Å². The second-order valence-electron chi connectivity index (χ2n) is 3.97. The Morgan fingerprint density at radius 2 is 1.94 bits per heavy atom. The molecule has 1 unspecified atom stereocenters. The van der Waals surface area contributed by atoms with Crippen LogP contribution in [0.2, 0.25) is 5.02 Å². The van der Waals surface area contributed by atoms with E-state index in [0.29, 0.717) is 16.3 Å². The van der Waals surface area contributed by atoms with Gasteiger partial charge in [0.1, 0.15) is 17.1 Å². The number of benzene rings is 1. The number of hydrogen-bond donors (Lipinski definition) is 2. The van der Waals surface area contributed by atoms with Crippen LogP contribution in [0, 0.1) is 6.92 Å². The fourth-order valence-corrected chi connectivity index (χ4v) is 1.85. The number of aromatic hydroxyl groups is 1. The predicted octanol–water partition coefficient (Wildman–Crippen LogP) is 2.36. The van der Waals surface area contributed by atoms with Crippen molar-refractivity contribution in [3.63, 3.8) is 0 Å². The highest BCUT2D eigenvalue weighted by Gasteiger charge is 2.19. The summed E-state index contributed by atoms with van der Waals surface area (Å²) in [4.78, 5) is 11.7. The van der Waals surface area contributed by atoms with E-state index < -0.39 is 11.7 Å². The molecule has 0 saturated carbocycles. The van der Waals surface area contributed by atoms with Crippen molar-refractivity contribution in [3.8, 4) is 5.75 Å². The van der Waals surface area contributed by atoms with Crippen molar-refractivity contribution in [1.82, 2.24) is 0 Å². The lowest BCUT2D eigenvalue weighted by molar-refractivity contribution is 0.418. The maximum Gasteiger partial charge on any atom is 0.344 e. The van der Waals surface area contributed by atoms with Gasteiger partial charge in [-0.2, -0.15) is 0 Å². The standard InChI is InChI=1S/C13H12ClNO3/c1-7-6-10(16)11(13(17)18-7)12(15)8-2-4-9(14)5-3-8/h2-6,12,16H,15H2,1H3. The van der Waals surface area contributed by atoms with Gasteiger partial charge in [0, 0.05) is 11.1 Å². The average molecular weight is 266 g/mol. The summed E-state index contributed by atoms with van der Waals surface area (Å²) in [7, 11) is 0. The summed E-state index contributed by atoms with van der Waals surface area (Å²) in [6.45, 7) is 1.58. The first-order valence-electron chi connectivity index (χ1n) is 5.33. The third-order valence-corrected chi connectivity index (χ3v) is 2.88. The molecule has 0 fully saturated rings. The molecule has 94 valence electrons. The van der Waals surface area contributed by atoms with Gasteiger partial charge in [-0.3, -0.25) is 0 Å². The smallest absolute Gasteiger partial charge is 0.344 e. The topological polar surface area (TPSA) is 76.5 Å². The molecule has 1 aromatic carbocycles. The Hall–Kier alpha value is -1.78. The van der Waals surface area contributed by atoms with Crippen LogP contribution in [0.5, 0.6) is 5.75 Å². The molecule has 1 heterocycles. The second kappa shape index (κ2) is 4.84. The Kier molecular flexibility index (Phi) is 3.41. The fourth-order valence-electron chi connectivity index (χ4n) is 1.73. The third-order valence-electron chi connectivity index (χ3n) is 2.63. The number of halogens is 1. The zero-order valence-electron chi connectivity index (χ0n) is 9.68. The van der Waals surface area contributed by atoms with Gasteiger partial charge >= 0.3 is 5.63 Å². The Labute approximate surface area is 109 Å².